The number of hydrogen-bond donors (Lipinski definition) is 1. The zero-order chi connectivity index (χ0) is 14.8. The van der Waals surface area contributed by atoms with Gasteiger partial charge in [0.2, 0.25) is 5.88 Å². The number of aromatic nitrogens is 1. The second kappa shape index (κ2) is 5.44. The van der Waals surface area contributed by atoms with Crippen molar-refractivity contribution in [1.82, 2.24) is 4.98 Å². The Morgan fingerprint density at radius 1 is 1.24 bits per heavy atom. The zero-order valence-corrected chi connectivity index (χ0v) is 11.6. The molecule has 0 spiro atoms. The van der Waals surface area contributed by atoms with Crippen molar-refractivity contribution < 1.29 is 19.4 Å². The van der Waals surface area contributed by atoms with Crippen molar-refractivity contribution >= 4 is 5.97 Å². The molecule has 0 atom stereocenters. The topological polar surface area (TPSA) is 68.7 Å². The van der Waals surface area contributed by atoms with Crippen molar-refractivity contribution in [1.29, 1.82) is 0 Å². The molecule has 0 amide bonds. The normalized spacial score (nSPS) is 12.8. The van der Waals surface area contributed by atoms with Gasteiger partial charge in [-0.3, -0.25) is 0 Å². The van der Waals surface area contributed by atoms with Gasteiger partial charge in [0.05, 0.1) is 7.11 Å². The Hall–Kier alpha value is -2.56. The van der Waals surface area contributed by atoms with E-state index < -0.39 is 5.97 Å². The van der Waals surface area contributed by atoms with Crippen molar-refractivity contribution in [3.63, 3.8) is 0 Å². The Labute approximate surface area is 122 Å². The Morgan fingerprint density at radius 3 is 2.81 bits per heavy atom. The number of hydrogen-bond acceptors (Lipinski definition) is 4. The summed E-state index contributed by atoms with van der Waals surface area (Å²) in [5.41, 5.74) is 2.03. The lowest BCUT2D eigenvalue weighted by atomic mass is 10.1. The highest BCUT2D eigenvalue weighted by Gasteiger charge is 2.21. The first-order chi connectivity index (χ1) is 10.2. The third-order valence-electron chi connectivity index (χ3n) is 3.50. The molecule has 5 heteroatoms. The van der Waals surface area contributed by atoms with E-state index >= 15 is 0 Å². The van der Waals surface area contributed by atoms with Gasteiger partial charge >= 0.3 is 5.97 Å². The maximum absolute atomic E-state index is 11.4. The van der Waals surface area contributed by atoms with Gasteiger partial charge in [0.25, 0.3) is 0 Å². The number of aryl methyl sites for hydroxylation is 2. The third-order valence-corrected chi connectivity index (χ3v) is 3.50. The molecule has 0 bridgehead atoms. The molecule has 2 aromatic rings. The summed E-state index contributed by atoms with van der Waals surface area (Å²) in [6.07, 6.45) is 2.75. The van der Waals surface area contributed by atoms with Gasteiger partial charge in [0, 0.05) is 11.8 Å². The largest absolute Gasteiger partial charge is 0.497 e. The van der Waals surface area contributed by atoms with Crippen molar-refractivity contribution in [2.45, 2.75) is 19.3 Å². The summed E-state index contributed by atoms with van der Waals surface area (Å²) in [7, 11) is 1.56. The fourth-order valence-electron chi connectivity index (χ4n) is 2.46. The second-order valence-electron chi connectivity index (χ2n) is 4.89. The summed E-state index contributed by atoms with van der Waals surface area (Å²) in [6.45, 7) is 0. The van der Waals surface area contributed by atoms with Crippen LogP contribution in [0, 0.1) is 0 Å². The summed E-state index contributed by atoms with van der Waals surface area (Å²) in [5.74, 6) is 0.249. The van der Waals surface area contributed by atoms with E-state index in [0.29, 0.717) is 11.5 Å². The molecule has 5 nitrogen and oxygen atoms in total. The van der Waals surface area contributed by atoms with Crippen molar-refractivity contribution in [3.8, 4) is 17.4 Å². The van der Waals surface area contributed by atoms with E-state index in [2.05, 4.69) is 4.98 Å². The van der Waals surface area contributed by atoms with Gasteiger partial charge in [-0.05, 0) is 43.0 Å². The highest BCUT2D eigenvalue weighted by atomic mass is 16.5. The SMILES string of the molecule is COc1cccc(Oc2nc3c(cc2C(=O)O)CCC3)c1. The molecule has 0 saturated carbocycles. The molecular formula is C16H15NO4. The van der Waals surface area contributed by atoms with E-state index in [1.807, 2.05) is 0 Å². The standard InChI is InChI=1S/C16H15NO4/c1-20-11-5-3-6-12(9-11)21-15-13(16(18)19)8-10-4-2-7-14(10)17-15/h3,5-6,8-9H,2,4,7H2,1H3,(H,18,19). The van der Waals surface area contributed by atoms with Crippen LogP contribution in [0.25, 0.3) is 0 Å². The minimum absolute atomic E-state index is 0.0958. The first-order valence-electron chi connectivity index (χ1n) is 6.75. The fraction of sp³-hybridized carbons (Fsp3) is 0.250. The number of carboxylic acid groups (broad SMARTS) is 1. The number of carbonyl (C=O) groups is 1. The quantitative estimate of drug-likeness (QED) is 0.935. The zero-order valence-electron chi connectivity index (χ0n) is 11.6. The minimum atomic E-state index is -1.03. The predicted octanol–water partition coefficient (Wildman–Crippen LogP) is 3.07. The van der Waals surface area contributed by atoms with Gasteiger partial charge in [0.1, 0.15) is 17.1 Å². The van der Waals surface area contributed by atoms with Crippen LogP contribution >= 0.6 is 0 Å². The lowest BCUT2D eigenvalue weighted by Gasteiger charge is -2.10. The molecule has 1 aliphatic carbocycles. The van der Waals surface area contributed by atoms with E-state index in [4.69, 9.17) is 9.47 Å². The fourth-order valence-corrected chi connectivity index (χ4v) is 2.46. The minimum Gasteiger partial charge on any atom is -0.497 e. The Bertz CT molecular complexity index is 697. The molecule has 1 aromatic carbocycles. The van der Waals surface area contributed by atoms with Gasteiger partial charge < -0.3 is 14.6 Å². The van der Waals surface area contributed by atoms with E-state index in [1.54, 1.807) is 37.4 Å². The summed E-state index contributed by atoms with van der Waals surface area (Å²) >= 11 is 0. The number of rotatable bonds is 4. The van der Waals surface area contributed by atoms with Gasteiger partial charge in [-0.25, -0.2) is 9.78 Å². The molecule has 3 rings (SSSR count). The summed E-state index contributed by atoms with van der Waals surface area (Å²) in [6, 6.07) is 8.68. The molecule has 0 radical (unpaired) electrons. The molecule has 108 valence electrons. The number of nitrogens with zero attached hydrogens (tertiary/aromatic N) is 1. The number of aromatic carboxylic acids is 1. The Balaban J connectivity index is 1.99. The lowest BCUT2D eigenvalue weighted by Crippen LogP contribution is -2.05. The number of ether oxygens (including phenoxy) is 2. The van der Waals surface area contributed by atoms with Crippen molar-refractivity contribution in [2.24, 2.45) is 0 Å². The Kier molecular flexibility index (Phi) is 3.48. The average molecular weight is 285 g/mol. The van der Waals surface area contributed by atoms with Crippen LogP contribution in [-0.2, 0) is 12.8 Å². The van der Waals surface area contributed by atoms with E-state index in [-0.39, 0.29) is 11.4 Å². The number of fused-ring (bicyclic) bond motifs is 1. The van der Waals surface area contributed by atoms with Crippen LogP contribution < -0.4 is 9.47 Å². The summed E-state index contributed by atoms with van der Waals surface area (Å²) in [5, 5.41) is 9.33. The van der Waals surface area contributed by atoms with Crippen LogP contribution in [0.5, 0.6) is 17.4 Å². The average Bonchev–Trinajstić information content (AvgIpc) is 2.93. The molecule has 0 fully saturated rings. The highest BCUT2D eigenvalue weighted by Crippen LogP contribution is 2.30. The molecule has 1 N–H and O–H groups in total. The maximum Gasteiger partial charge on any atom is 0.341 e. The van der Waals surface area contributed by atoms with E-state index in [9.17, 15) is 9.90 Å². The van der Waals surface area contributed by atoms with Gasteiger partial charge in [0.15, 0.2) is 0 Å². The maximum atomic E-state index is 11.4. The highest BCUT2D eigenvalue weighted by molar-refractivity contribution is 5.90. The van der Waals surface area contributed by atoms with E-state index in [0.717, 1.165) is 30.5 Å². The van der Waals surface area contributed by atoms with Gasteiger partial charge in [-0.2, -0.15) is 0 Å². The smallest absolute Gasteiger partial charge is 0.341 e. The predicted molar refractivity (Wildman–Crippen MR) is 76.3 cm³/mol. The van der Waals surface area contributed by atoms with Crippen LogP contribution in [0.4, 0.5) is 0 Å². The van der Waals surface area contributed by atoms with Crippen LogP contribution in [0.1, 0.15) is 28.0 Å². The molecule has 1 heterocycles. The monoisotopic (exact) mass is 285 g/mol. The number of carboxylic acids is 1. The lowest BCUT2D eigenvalue weighted by molar-refractivity contribution is 0.0693. The molecule has 21 heavy (non-hydrogen) atoms. The third kappa shape index (κ3) is 2.67. The molecule has 0 saturated heterocycles. The summed E-state index contributed by atoms with van der Waals surface area (Å²) in [4.78, 5) is 15.8. The van der Waals surface area contributed by atoms with Crippen LogP contribution in [0.15, 0.2) is 30.3 Å². The molecular weight excluding hydrogens is 270 g/mol. The molecule has 1 aromatic heterocycles. The van der Waals surface area contributed by atoms with Gasteiger partial charge in [-0.15, -0.1) is 0 Å². The number of pyridine rings is 1. The van der Waals surface area contributed by atoms with Crippen LogP contribution in [-0.4, -0.2) is 23.2 Å². The molecule has 0 aliphatic heterocycles. The van der Waals surface area contributed by atoms with Crippen LogP contribution in [0.3, 0.4) is 0 Å². The first-order valence-corrected chi connectivity index (χ1v) is 6.75. The van der Waals surface area contributed by atoms with Gasteiger partial charge in [-0.1, -0.05) is 6.07 Å². The van der Waals surface area contributed by atoms with Crippen molar-refractivity contribution in [3.05, 3.63) is 47.2 Å². The first kappa shape index (κ1) is 13.4. The number of benzene rings is 1. The van der Waals surface area contributed by atoms with E-state index in [1.165, 1.54) is 0 Å². The summed E-state index contributed by atoms with van der Waals surface area (Å²) < 4.78 is 10.8. The second-order valence-corrected chi connectivity index (χ2v) is 4.89. The van der Waals surface area contributed by atoms with Crippen LogP contribution in [0.2, 0.25) is 0 Å². The molecule has 1 aliphatic rings. The van der Waals surface area contributed by atoms with Crippen molar-refractivity contribution in [2.75, 3.05) is 7.11 Å². The number of methoxy groups -OCH3 is 1. The molecule has 0 unspecified atom stereocenters. The Morgan fingerprint density at radius 2 is 2.05 bits per heavy atom.